The number of anilines is 1. The number of phenolic OH excluding ortho intramolecular Hbond substituents is 2. The number of hydrogen-bond acceptors (Lipinski definition) is 7. The summed E-state index contributed by atoms with van der Waals surface area (Å²) >= 11 is 1.35. The molecule has 2 aromatic carbocycles. The fraction of sp³-hybridized carbons (Fsp3) is 0.273. The van der Waals surface area contributed by atoms with Crippen LogP contribution >= 0.6 is 11.3 Å². The number of aromatic nitrogens is 1. The molecule has 4 rings (SSSR count). The van der Waals surface area contributed by atoms with Crippen LogP contribution in [0.1, 0.15) is 17.5 Å². The van der Waals surface area contributed by atoms with Gasteiger partial charge in [0, 0.05) is 36.5 Å². The number of aryl methyl sites for hydroxylation is 1. The first-order valence-corrected chi connectivity index (χ1v) is 10.5. The first-order valence-electron chi connectivity index (χ1n) is 9.66. The number of phenols is 2. The van der Waals surface area contributed by atoms with Gasteiger partial charge in [-0.1, -0.05) is 24.3 Å². The van der Waals surface area contributed by atoms with Crippen molar-refractivity contribution in [2.75, 3.05) is 11.4 Å². The van der Waals surface area contributed by atoms with Gasteiger partial charge in [0.05, 0.1) is 11.8 Å². The van der Waals surface area contributed by atoms with Gasteiger partial charge in [-0.15, -0.1) is 11.3 Å². The van der Waals surface area contributed by atoms with E-state index in [2.05, 4.69) is 10.3 Å². The molecular weight excluding hydrogens is 402 g/mol. The largest absolute Gasteiger partial charge is 0.508 e. The number of rotatable bonds is 5. The molecule has 3 aromatic rings. The van der Waals surface area contributed by atoms with Crippen LogP contribution in [-0.4, -0.2) is 44.9 Å². The molecule has 7 nitrogen and oxygen atoms in total. The molecule has 1 aliphatic heterocycles. The lowest BCUT2D eigenvalue weighted by Gasteiger charge is -2.23. The van der Waals surface area contributed by atoms with E-state index in [1.807, 2.05) is 36.1 Å². The van der Waals surface area contributed by atoms with E-state index in [1.54, 1.807) is 5.38 Å². The molecular formula is C22H23N3O4S. The molecule has 0 saturated carbocycles. The summed E-state index contributed by atoms with van der Waals surface area (Å²) in [5, 5.41) is 35.0. The predicted octanol–water partition coefficient (Wildman–Crippen LogP) is 2.79. The van der Waals surface area contributed by atoms with Gasteiger partial charge >= 0.3 is 0 Å². The lowest BCUT2D eigenvalue weighted by atomic mass is 10.1. The van der Waals surface area contributed by atoms with Gasteiger partial charge in [-0.25, -0.2) is 4.98 Å². The quantitative estimate of drug-likeness (QED) is 0.501. The van der Waals surface area contributed by atoms with E-state index in [0.29, 0.717) is 35.9 Å². The number of amides is 1. The number of benzene rings is 2. The van der Waals surface area contributed by atoms with Crippen molar-refractivity contribution in [2.45, 2.75) is 32.0 Å². The Bertz CT molecular complexity index is 1050. The van der Waals surface area contributed by atoms with Crippen LogP contribution in [-0.2, 0) is 11.3 Å². The van der Waals surface area contributed by atoms with E-state index in [1.165, 1.54) is 29.5 Å². The zero-order valence-corrected chi connectivity index (χ0v) is 17.3. The van der Waals surface area contributed by atoms with Crippen LogP contribution in [0.2, 0.25) is 0 Å². The number of β-amino-alcohol motifs (C(OH)–C–C–N with tert-alkyl or cyclic N) is 1. The molecule has 0 aliphatic carbocycles. The number of carbonyl (C=O) groups is 1. The third-order valence-electron chi connectivity index (χ3n) is 5.23. The second-order valence-corrected chi connectivity index (χ2v) is 8.29. The average molecular weight is 426 g/mol. The molecule has 4 N–H and O–H groups in total. The highest BCUT2D eigenvalue weighted by Crippen LogP contribution is 2.34. The molecule has 156 valence electrons. The minimum absolute atomic E-state index is 0.0513. The molecule has 1 aromatic heterocycles. The van der Waals surface area contributed by atoms with Crippen molar-refractivity contribution >= 4 is 22.4 Å². The fourth-order valence-electron chi connectivity index (χ4n) is 3.65. The molecule has 0 radical (unpaired) electrons. The van der Waals surface area contributed by atoms with Crippen molar-refractivity contribution in [1.82, 2.24) is 10.3 Å². The SMILES string of the molecule is Cc1ccccc1CNC(=O)[C@@H]1CC(O)CN1c1nc(-c2cc(O)cc(O)c2)cs1. The Labute approximate surface area is 178 Å². The number of aliphatic hydroxyl groups is 1. The summed E-state index contributed by atoms with van der Waals surface area (Å²) < 4.78 is 0. The van der Waals surface area contributed by atoms with Crippen LogP contribution in [0.3, 0.4) is 0 Å². The molecule has 1 saturated heterocycles. The smallest absolute Gasteiger partial charge is 0.243 e. The monoisotopic (exact) mass is 425 g/mol. The Hall–Kier alpha value is -3.10. The molecule has 1 amide bonds. The Morgan fingerprint density at radius 1 is 1.23 bits per heavy atom. The number of carbonyl (C=O) groups excluding carboxylic acids is 1. The van der Waals surface area contributed by atoms with Gasteiger partial charge in [-0.05, 0) is 30.2 Å². The van der Waals surface area contributed by atoms with Gasteiger partial charge < -0.3 is 25.5 Å². The summed E-state index contributed by atoms with van der Waals surface area (Å²) in [6.45, 7) is 2.75. The fourth-order valence-corrected chi connectivity index (χ4v) is 4.55. The van der Waals surface area contributed by atoms with Crippen molar-refractivity contribution < 1.29 is 20.1 Å². The van der Waals surface area contributed by atoms with Gasteiger partial charge in [0.2, 0.25) is 5.91 Å². The second kappa shape index (κ2) is 8.33. The number of nitrogens with one attached hydrogen (secondary N) is 1. The van der Waals surface area contributed by atoms with Crippen molar-refractivity contribution in [3.63, 3.8) is 0 Å². The molecule has 0 bridgehead atoms. The maximum absolute atomic E-state index is 12.9. The molecule has 30 heavy (non-hydrogen) atoms. The molecule has 1 aliphatic rings. The van der Waals surface area contributed by atoms with Crippen LogP contribution in [0, 0.1) is 6.92 Å². The normalized spacial score (nSPS) is 18.5. The summed E-state index contributed by atoms with van der Waals surface area (Å²) in [4.78, 5) is 19.3. The summed E-state index contributed by atoms with van der Waals surface area (Å²) in [6.07, 6.45) is -0.280. The minimum Gasteiger partial charge on any atom is -0.508 e. The van der Waals surface area contributed by atoms with E-state index >= 15 is 0 Å². The van der Waals surface area contributed by atoms with Crippen molar-refractivity contribution in [3.8, 4) is 22.8 Å². The van der Waals surface area contributed by atoms with Crippen molar-refractivity contribution in [2.24, 2.45) is 0 Å². The van der Waals surface area contributed by atoms with E-state index < -0.39 is 12.1 Å². The number of thiazole rings is 1. The number of nitrogens with zero attached hydrogens (tertiary/aromatic N) is 2. The number of hydrogen-bond donors (Lipinski definition) is 4. The molecule has 8 heteroatoms. The first-order chi connectivity index (χ1) is 14.4. The molecule has 2 atom stereocenters. The summed E-state index contributed by atoms with van der Waals surface area (Å²) in [7, 11) is 0. The minimum atomic E-state index is -0.614. The number of aliphatic hydroxyl groups excluding tert-OH is 1. The van der Waals surface area contributed by atoms with Crippen LogP contribution in [0.25, 0.3) is 11.3 Å². The van der Waals surface area contributed by atoms with Crippen molar-refractivity contribution in [3.05, 3.63) is 59.0 Å². The van der Waals surface area contributed by atoms with Gasteiger partial charge in [-0.2, -0.15) is 0 Å². The Balaban J connectivity index is 1.51. The maximum Gasteiger partial charge on any atom is 0.243 e. The zero-order chi connectivity index (χ0) is 21.3. The lowest BCUT2D eigenvalue weighted by Crippen LogP contribution is -2.43. The Morgan fingerprint density at radius 3 is 2.70 bits per heavy atom. The third-order valence-corrected chi connectivity index (χ3v) is 6.11. The zero-order valence-electron chi connectivity index (χ0n) is 16.4. The third kappa shape index (κ3) is 4.24. The van der Waals surface area contributed by atoms with Gasteiger partial charge in [0.25, 0.3) is 0 Å². The number of aromatic hydroxyl groups is 2. The first kappa shape index (κ1) is 20.2. The van der Waals surface area contributed by atoms with E-state index in [0.717, 1.165) is 11.1 Å². The Morgan fingerprint density at radius 2 is 1.97 bits per heavy atom. The van der Waals surface area contributed by atoms with Crippen LogP contribution < -0.4 is 10.2 Å². The predicted molar refractivity (Wildman–Crippen MR) is 116 cm³/mol. The summed E-state index contributed by atoms with van der Waals surface area (Å²) in [5.41, 5.74) is 3.33. The van der Waals surface area contributed by atoms with E-state index in [4.69, 9.17) is 0 Å². The standard InChI is InChI=1S/C22H23N3O4S/c1-13-4-2-3-5-14(13)10-23-21(29)20-9-18(28)11-25(20)22-24-19(12-30-22)15-6-16(26)8-17(27)7-15/h2-8,12,18,20,26-28H,9-11H2,1H3,(H,23,29)/t18?,20-/m0/s1. The molecule has 2 heterocycles. The molecule has 1 fully saturated rings. The van der Waals surface area contributed by atoms with Gasteiger partial charge in [0.15, 0.2) is 5.13 Å². The van der Waals surface area contributed by atoms with Gasteiger partial charge in [-0.3, -0.25) is 4.79 Å². The van der Waals surface area contributed by atoms with Gasteiger partial charge in [0.1, 0.15) is 17.5 Å². The highest BCUT2D eigenvalue weighted by Gasteiger charge is 2.37. The van der Waals surface area contributed by atoms with E-state index in [9.17, 15) is 20.1 Å². The maximum atomic E-state index is 12.9. The highest BCUT2D eigenvalue weighted by molar-refractivity contribution is 7.14. The molecule has 1 unspecified atom stereocenters. The average Bonchev–Trinajstić information content (AvgIpc) is 3.33. The summed E-state index contributed by atoms with van der Waals surface area (Å²) in [5.74, 6) is -0.254. The summed E-state index contributed by atoms with van der Waals surface area (Å²) in [6, 6.07) is 11.7. The lowest BCUT2D eigenvalue weighted by molar-refractivity contribution is -0.122. The van der Waals surface area contributed by atoms with Crippen LogP contribution in [0.15, 0.2) is 47.8 Å². The Kier molecular flexibility index (Phi) is 5.61. The van der Waals surface area contributed by atoms with E-state index in [-0.39, 0.29) is 17.4 Å². The second-order valence-electron chi connectivity index (χ2n) is 7.46. The van der Waals surface area contributed by atoms with Crippen LogP contribution in [0.5, 0.6) is 11.5 Å². The van der Waals surface area contributed by atoms with Crippen LogP contribution in [0.4, 0.5) is 5.13 Å². The van der Waals surface area contributed by atoms with Crippen molar-refractivity contribution in [1.29, 1.82) is 0 Å². The molecule has 0 spiro atoms. The highest BCUT2D eigenvalue weighted by atomic mass is 32.1. The topological polar surface area (TPSA) is 106 Å².